The fourth-order valence-corrected chi connectivity index (χ4v) is 6.43. The predicted octanol–water partition coefficient (Wildman–Crippen LogP) is 4.36. The van der Waals surface area contributed by atoms with Gasteiger partial charge in [0.15, 0.2) is 0 Å². The molecule has 2 aromatic rings. The molecular formula is C29H31ClFN5O3. The van der Waals surface area contributed by atoms with Crippen LogP contribution < -0.4 is 15.9 Å². The average molecular weight is 552 g/mol. The number of benzene rings is 2. The summed E-state index contributed by atoms with van der Waals surface area (Å²) in [5, 5.41) is 4.53. The molecule has 4 aliphatic rings. The summed E-state index contributed by atoms with van der Waals surface area (Å²) in [6, 6.07) is 12.8. The summed E-state index contributed by atoms with van der Waals surface area (Å²) in [5.41, 5.74) is 10.5. The van der Waals surface area contributed by atoms with Crippen molar-refractivity contribution in [1.29, 1.82) is 0 Å². The first-order chi connectivity index (χ1) is 18.9. The molecule has 3 heterocycles. The first kappa shape index (κ1) is 25.9. The van der Waals surface area contributed by atoms with E-state index in [-0.39, 0.29) is 24.8 Å². The molecule has 2 fully saturated rings. The predicted molar refractivity (Wildman–Crippen MR) is 147 cm³/mol. The van der Waals surface area contributed by atoms with Gasteiger partial charge in [-0.25, -0.2) is 19.6 Å². The SMILES string of the molecule is COC(=O)N1CC2=C(/C(=C/c3ccc(F)cc3)C1)N(c1ccc(Cl)cc1)NC2C(=O)NN1CC2CCCC2C1. The number of ether oxygens (including phenoxy) is 1. The van der Waals surface area contributed by atoms with Crippen molar-refractivity contribution in [3.8, 4) is 0 Å². The topological polar surface area (TPSA) is 77.1 Å². The highest BCUT2D eigenvalue weighted by atomic mass is 35.5. The van der Waals surface area contributed by atoms with Gasteiger partial charge in [-0.2, -0.15) is 0 Å². The number of amides is 2. The second-order valence-electron chi connectivity index (χ2n) is 10.6. The first-order valence-corrected chi connectivity index (χ1v) is 13.7. The largest absolute Gasteiger partial charge is 0.453 e. The van der Waals surface area contributed by atoms with Crippen LogP contribution in [-0.2, 0) is 9.53 Å². The van der Waals surface area contributed by atoms with E-state index in [9.17, 15) is 14.0 Å². The van der Waals surface area contributed by atoms with Gasteiger partial charge in [-0.15, -0.1) is 0 Å². The Hall–Kier alpha value is -3.40. The standard InChI is InChI=1S/C29H31ClFN5O3/c1-39-29(38)34-14-21(13-18-5-9-23(31)10-6-18)27-25(17-34)26(32-36(27)24-11-7-22(30)8-12-24)28(37)33-35-15-19-3-2-4-20(19)16-35/h5-13,19-20,26,32H,2-4,14-17H2,1H3,(H,33,37)/b21-13+. The quantitative estimate of drug-likeness (QED) is 0.588. The summed E-state index contributed by atoms with van der Waals surface area (Å²) in [5.74, 6) is 0.769. The number of hydrogen-bond acceptors (Lipinski definition) is 6. The van der Waals surface area contributed by atoms with Gasteiger partial charge in [0.05, 0.1) is 25.0 Å². The lowest BCUT2D eigenvalue weighted by molar-refractivity contribution is -0.126. The van der Waals surface area contributed by atoms with Gasteiger partial charge in [-0.05, 0) is 78.3 Å². The van der Waals surface area contributed by atoms with Gasteiger partial charge >= 0.3 is 6.09 Å². The number of hydrazine groups is 2. The van der Waals surface area contributed by atoms with Crippen LogP contribution in [0.5, 0.6) is 0 Å². The zero-order valence-electron chi connectivity index (χ0n) is 21.7. The normalized spacial score (nSPS) is 25.7. The van der Waals surface area contributed by atoms with Crippen LogP contribution in [0.3, 0.4) is 0 Å². The number of halogens is 2. The molecular weight excluding hydrogens is 521 g/mol. The van der Waals surface area contributed by atoms with E-state index in [1.807, 2.05) is 28.2 Å². The maximum absolute atomic E-state index is 13.8. The smallest absolute Gasteiger partial charge is 0.410 e. The Bertz CT molecular complexity index is 1320. The Labute approximate surface area is 232 Å². The van der Waals surface area contributed by atoms with Crippen LogP contribution in [0.25, 0.3) is 6.08 Å². The van der Waals surface area contributed by atoms with E-state index in [2.05, 4.69) is 10.9 Å². The van der Waals surface area contributed by atoms with Gasteiger partial charge in [-0.1, -0.05) is 30.2 Å². The molecule has 2 N–H and O–H groups in total. The Kier molecular flexibility index (Phi) is 7.05. The lowest BCUT2D eigenvalue weighted by Gasteiger charge is -2.32. The van der Waals surface area contributed by atoms with Crippen molar-refractivity contribution < 1.29 is 18.7 Å². The minimum absolute atomic E-state index is 0.174. The molecule has 0 bridgehead atoms. The Morgan fingerprint density at radius 2 is 1.74 bits per heavy atom. The minimum Gasteiger partial charge on any atom is -0.453 e. The summed E-state index contributed by atoms with van der Waals surface area (Å²) in [4.78, 5) is 28.0. The molecule has 3 unspecified atom stereocenters. The number of carbonyl (C=O) groups is 2. The first-order valence-electron chi connectivity index (χ1n) is 13.3. The lowest BCUT2D eigenvalue weighted by Crippen LogP contribution is -2.52. The van der Waals surface area contributed by atoms with E-state index in [1.165, 1.54) is 38.5 Å². The molecule has 6 rings (SSSR count). The van der Waals surface area contributed by atoms with E-state index in [4.69, 9.17) is 16.3 Å². The minimum atomic E-state index is -0.708. The third kappa shape index (κ3) is 5.14. The number of nitrogens with zero attached hydrogens (tertiary/aromatic N) is 3. The Morgan fingerprint density at radius 3 is 2.41 bits per heavy atom. The van der Waals surface area contributed by atoms with Crippen molar-refractivity contribution in [2.24, 2.45) is 11.8 Å². The average Bonchev–Trinajstić information content (AvgIpc) is 3.64. The number of methoxy groups -OCH3 is 1. The lowest BCUT2D eigenvalue weighted by atomic mass is 9.95. The summed E-state index contributed by atoms with van der Waals surface area (Å²) >= 11 is 6.17. The highest BCUT2D eigenvalue weighted by Gasteiger charge is 2.44. The third-order valence-electron chi connectivity index (χ3n) is 8.15. The van der Waals surface area contributed by atoms with Crippen LogP contribution in [-0.4, -0.2) is 61.2 Å². The van der Waals surface area contributed by atoms with E-state index in [0.29, 0.717) is 16.9 Å². The molecule has 3 atom stereocenters. The maximum atomic E-state index is 13.8. The number of anilines is 1. The zero-order valence-corrected chi connectivity index (χ0v) is 22.5. The van der Waals surface area contributed by atoms with Gasteiger partial charge in [0.25, 0.3) is 5.91 Å². The molecule has 2 aromatic carbocycles. The monoisotopic (exact) mass is 551 g/mol. The van der Waals surface area contributed by atoms with E-state index < -0.39 is 12.1 Å². The summed E-state index contributed by atoms with van der Waals surface area (Å²) in [6.07, 6.45) is 5.12. The summed E-state index contributed by atoms with van der Waals surface area (Å²) in [6.45, 7) is 2.21. The zero-order chi connectivity index (χ0) is 27.1. The number of fused-ring (bicyclic) bond motifs is 1. The van der Waals surface area contributed by atoms with Gasteiger partial charge in [0, 0.05) is 30.2 Å². The number of rotatable bonds is 4. The molecule has 10 heteroatoms. The van der Waals surface area contributed by atoms with Gasteiger partial charge in [-0.3, -0.25) is 20.1 Å². The van der Waals surface area contributed by atoms with Crippen molar-refractivity contribution in [3.63, 3.8) is 0 Å². The van der Waals surface area contributed by atoms with Crippen LogP contribution in [0, 0.1) is 17.7 Å². The number of nitrogens with one attached hydrogen (secondary N) is 2. The highest BCUT2D eigenvalue weighted by Crippen LogP contribution is 2.39. The number of hydrogen-bond donors (Lipinski definition) is 2. The maximum Gasteiger partial charge on any atom is 0.410 e. The fraction of sp³-hybridized carbons (Fsp3) is 0.379. The van der Waals surface area contributed by atoms with Gasteiger partial charge < -0.3 is 4.74 Å². The van der Waals surface area contributed by atoms with Crippen molar-refractivity contribution in [1.82, 2.24) is 20.8 Å². The van der Waals surface area contributed by atoms with Crippen molar-refractivity contribution >= 4 is 35.4 Å². The molecule has 1 aliphatic carbocycles. The molecule has 204 valence electrons. The summed E-state index contributed by atoms with van der Waals surface area (Å²) < 4.78 is 18.7. The number of carbonyl (C=O) groups excluding carboxylic acids is 2. The molecule has 3 aliphatic heterocycles. The van der Waals surface area contributed by atoms with Crippen LogP contribution in [0.4, 0.5) is 14.9 Å². The van der Waals surface area contributed by atoms with Crippen LogP contribution in [0.15, 0.2) is 65.4 Å². The van der Waals surface area contributed by atoms with Gasteiger partial charge in [0.2, 0.25) is 0 Å². The highest BCUT2D eigenvalue weighted by molar-refractivity contribution is 6.30. The molecule has 0 radical (unpaired) electrons. The molecule has 8 nitrogen and oxygen atoms in total. The van der Waals surface area contributed by atoms with E-state index >= 15 is 0 Å². The summed E-state index contributed by atoms with van der Waals surface area (Å²) in [7, 11) is 1.34. The van der Waals surface area contributed by atoms with Crippen LogP contribution in [0.2, 0.25) is 5.02 Å². The second kappa shape index (κ2) is 10.6. The van der Waals surface area contributed by atoms with E-state index in [1.54, 1.807) is 29.2 Å². The van der Waals surface area contributed by atoms with Gasteiger partial charge in [0.1, 0.15) is 11.9 Å². The van der Waals surface area contributed by atoms with Crippen molar-refractivity contribution in [2.45, 2.75) is 25.3 Å². The molecule has 0 aromatic heterocycles. The van der Waals surface area contributed by atoms with Crippen LogP contribution in [0.1, 0.15) is 24.8 Å². The second-order valence-corrected chi connectivity index (χ2v) is 11.1. The van der Waals surface area contributed by atoms with Crippen molar-refractivity contribution in [3.05, 3.63) is 81.8 Å². The van der Waals surface area contributed by atoms with Crippen LogP contribution >= 0.6 is 11.6 Å². The fourth-order valence-electron chi connectivity index (χ4n) is 6.30. The van der Waals surface area contributed by atoms with Crippen molar-refractivity contribution in [2.75, 3.05) is 38.3 Å². The molecule has 1 saturated heterocycles. The molecule has 0 spiro atoms. The molecule has 39 heavy (non-hydrogen) atoms. The molecule has 1 saturated carbocycles. The van der Waals surface area contributed by atoms with E-state index in [0.717, 1.165) is 41.2 Å². The Morgan fingerprint density at radius 1 is 1.05 bits per heavy atom. The third-order valence-corrected chi connectivity index (χ3v) is 8.40. The molecule has 2 amide bonds. The Balaban J connectivity index is 1.38.